The first-order valence-electron chi connectivity index (χ1n) is 21.2. The molecule has 2 aliphatic rings. The Morgan fingerprint density at radius 2 is 0.871 bits per heavy atom. The number of furan rings is 1. The van der Waals surface area contributed by atoms with Gasteiger partial charge in [0.2, 0.25) is 0 Å². The van der Waals surface area contributed by atoms with Crippen molar-refractivity contribution in [1.29, 1.82) is 0 Å². The molecule has 0 N–H and O–H groups in total. The predicted molar refractivity (Wildman–Crippen MR) is 259 cm³/mol. The summed E-state index contributed by atoms with van der Waals surface area (Å²) in [5.41, 5.74) is 12.2. The van der Waals surface area contributed by atoms with Crippen LogP contribution >= 0.6 is 0 Å². The van der Waals surface area contributed by atoms with Gasteiger partial charge in [0.15, 0.2) is 8.07 Å². The quantitative estimate of drug-likeness (QED) is 0.162. The Hall–Kier alpha value is -7.92. The zero-order chi connectivity index (χ0) is 40.8. The molecule has 0 amide bonds. The summed E-state index contributed by atoms with van der Waals surface area (Å²) in [6, 6.07) is 81.4. The molecule has 290 valence electrons. The lowest BCUT2D eigenvalue weighted by Gasteiger charge is -2.37. The standard InChI is InChI=1S/C58H37NO2Si/c1-2-14-45-39(12-1)13-11-18-46(45)40-26-31-43(32-27-40)59(44-33-34-48-47-15-3-6-19-51(47)60-53(48)37-44)42-29-24-38(25-30-42)41-28-35-58-54(36-41)61-52-20-7-10-23-57(52)62(58)55-21-8-4-16-49(55)50-17-5-9-22-56(50)62/h1-37H. The van der Waals surface area contributed by atoms with Crippen molar-refractivity contribution >= 4 is 78.6 Å². The van der Waals surface area contributed by atoms with E-state index in [0.717, 1.165) is 61.6 Å². The zero-order valence-electron chi connectivity index (χ0n) is 33.6. The largest absolute Gasteiger partial charge is 0.458 e. The maximum absolute atomic E-state index is 6.87. The number of benzene rings is 10. The summed E-state index contributed by atoms with van der Waals surface area (Å²) in [4.78, 5) is 2.32. The Balaban J connectivity index is 0.916. The molecule has 3 heterocycles. The second-order valence-electron chi connectivity index (χ2n) is 16.4. The monoisotopic (exact) mass is 807 g/mol. The molecule has 0 saturated heterocycles. The van der Waals surface area contributed by atoms with Crippen LogP contribution < -0.4 is 30.4 Å². The van der Waals surface area contributed by atoms with Gasteiger partial charge in [0.25, 0.3) is 0 Å². The van der Waals surface area contributed by atoms with Gasteiger partial charge in [0.1, 0.15) is 22.7 Å². The fourth-order valence-electron chi connectivity index (χ4n) is 10.4. The molecule has 0 atom stereocenters. The van der Waals surface area contributed by atoms with E-state index < -0.39 is 8.07 Å². The van der Waals surface area contributed by atoms with Gasteiger partial charge in [-0.25, -0.2) is 0 Å². The van der Waals surface area contributed by atoms with Gasteiger partial charge in [-0.2, -0.15) is 0 Å². The summed E-state index contributed by atoms with van der Waals surface area (Å²) in [5, 5.41) is 10.2. The molecule has 0 fully saturated rings. The van der Waals surface area contributed by atoms with Gasteiger partial charge < -0.3 is 14.1 Å². The molecule has 0 saturated carbocycles. The molecule has 62 heavy (non-hydrogen) atoms. The second kappa shape index (κ2) is 13.5. The minimum atomic E-state index is -2.63. The van der Waals surface area contributed by atoms with E-state index in [0.29, 0.717) is 0 Å². The average molecular weight is 808 g/mol. The minimum Gasteiger partial charge on any atom is -0.458 e. The Labute approximate surface area is 360 Å². The number of para-hydroxylation sites is 2. The van der Waals surface area contributed by atoms with Gasteiger partial charge >= 0.3 is 0 Å². The maximum atomic E-state index is 6.87. The SMILES string of the molecule is c1ccc2c(c1)Oc1cc(-c3ccc(N(c4ccc(-c5cccc6ccccc56)cc4)c4ccc5c(c4)oc4ccccc45)cc3)ccc1[Si]21c2ccccc2-c2ccccc21. The highest BCUT2D eigenvalue weighted by Gasteiger charge is 2.53. The maximum Gasteiger partial charge on any atom is 0.189 e. The van der Waals surface area contributed by atoms with Crippen molar-refractivity contribution in [2.45, 2.75) is 0 Å². The molecule has 0 aliphatic carbocycles. The average Bonchev–Trinajstić information content (AvgIpc) is 3.85. The van der Waals surface area contributed by atoms with E-state index in [2.05, 4.69) is 217 Å². The Kier molecular flexibility index (Phi) is 7.62. The third-order valence-corrected chi connectivity index (χ3v) is 18.1. The molecule has 2 aliphatic heterocycles. The molecule has 1 aromatic heterocycles. The van der Waals surface area contributed by atoms with Crippen LogP contribution in [-0.2, 0) is 0 Å². The lowest BCUT2D eigenvalue weighted by Crippen LogP contribution is -2.74. The Morgan fingerprint density at radius 1 is 0.323 bits per heavy atom. The Bertz CT molecular complexity index is 3520. The fraction of sp³-hybridized carbons (Fsp3) is 0. The van der Waals surface area contributed by atoms with Crippen LogP contribution in [0.3, 0.4) is 0 Å². The predicted octanol–water partition coefficient (Wildman–Crippen LogP) is 13.0. The highest BCUT2D eigenvalue weighted by molar-refractivity contribution is 7.23. The number of anilines is 3. The summed E-state index contributed by atoms with van der Waals surface area (Å²) >= 11 is 0. The molecule has 3 nitrogen and oxygen atoms in total. The van der Waals surface area contributed by atoms with Crippen LogP contribution in [0.15, 0.2) is 229 Å². The van der Waals surface area contributed by atoms with Gasteiger partial charge in [0.05, 0.1) is 0 Å². The van der Waals surface area contributed by atoms with Crippen molar-refractivity contribution in [2.75, 3.05) is 4.90 Å². The van der Waals surface area contributed by atoms with Crippen LogP contribution in [0.5, 0.6) is 11.5 Å². The number of nitrogens with zero attached hydrogens (tertiary/aromatic N) is 1. The van der Waals surface area contributed by atoms with Crippen LogP contribution in [-0.4, -0.2) is 8.07 Å². The highest BCUT2D eigenvalue weighted by atomic mass is 28.3. The zero-order valence-corrected chi connectivity index (χ0v) is 34.6. The molecular formula is C58H37NO2Si. The first-order valence-corrected chi connectivity index (χ1v) is 23.2. The van der Waals surface area contributed by atoms with E-state index in [4.69, 9.17) is 9.15 Å². The van der Waals surface area contributed by atoms with Crippen LogP contribution in [0.4, 0.5) is 17.1 Å². The number of hydrogen-bond donors (Lipinski definition) is 0. The number of rotatable bonds is 5. The van der Waals surface area contributed by atoms with Gasteiger partial charge in [-0.3, -0.25) is 0 Å². The first kappa shape index (κ1) is 34.9. The van der Waals surface area contributed by atoms with Gasteiger partial charge in [-0.05, 0) is 119 Å². The first-order chi connectivity index (χ1) is 30.7. The van der Waals surface area contributed by atoms with Crippen molar-refractivity contribution in [3.05, 3.63) is 224 Å². The minimum absolute atomic E-state index is 0.863. The molecule has 0 radical (unpaired) electrons. The van der Waals surface area contributed by atoms with E-state index >= 15 is 0 Å². The molecule has 10 aromatic carbocycles. The van der Waals surface area contributed by atoms with Crippen LogP contribution in [0.1, 0.15) is 0 Å². The molecule has 0 bridgehead atoms. The second-order valence-corrected chi connectivity index (χ2v) is 20.0. The van der Waals surface area contributed by atoms with Crippen LogP contribution in [0.25, 0.3) is 66.1 Å². The molecular weight excluding hydrogens is 771 g/mol. The Morgan fingerprint density at radius 3 is 1.65 bits per heavy atom. The van der Waals surface area contributed by atoms with Crippen LogP contribution in [0, 0.1) is 0 Å². The van der Waals surface area contributed by atoms with E-state index in [1.54, 1.807) is 0 Å². The third kappa shape index (κ3) is 5.11. The lowest BCUT2D eigenvalue weighted by molar-refractivity contribution is 0.487. The molecule has 13 rings (SSSR count). The number of fused-ring (bicyclic) bond motifs is 13. The van der Waals surface area contributed by atoms with Crippen molar-refractivity contribution in [3.8, 4) is 44.9 Å². The van der Waals surface area contributed by atoms with E-state index in [9.17, 15) is 0 Å². The van der Waals surface area contributed by atoms with Gasteiger partial charge in [-0.1, -0.05) is 164 Å². The lowest BCUT2D eigenvalue weighted by atomic mass is 9.98. The molecule has 1 spiro atoms. The molecule has 11 aromatic rings. The number of hydrogen-bond acceptors (Lipinski definition) is 3. The van der Waals surface area contributed by atoms with E-state index in [1.807, 2.05) is 12.1 Å². The summed E-state index contributed by atoms with van der Waals surface area (Å²) in [7, 11) is -2.63. The highest BCUT2D eigenvalue weighted by Crippen LogP contribution is 2.42. The molecule has 0 unspecified atom stereocenters. The smallest absolute Gasteiger partial charge is 0.189 e. The summed E-state index contributed by atoms with van der Waals surface area (Å²) in [6.45, 7) is 0. The van der Waals surface area contributed by atoms with Gasteiger partial charge in [0, 0.05) is 33.9 Å². The summed E-state index contributed by atoms with van der Waals surface area (Å²) in [5.74, 6) is 1.89. The van der Waals surface area contributed by atoms with Crippen molar-refractivity contribution in [1.82, 2.24) is 0 Å². The molecule has 4 heteroatoms. The van der Waals surface area contributed by atoms with Crippen molar-refractivity contribution < 1.29 is 9.15 Å². The van der Waals surface area contributed by atoms with Gasteiger partial charge in [-0.15, -0.1) is 0 Å². The normalized spacial score (nSPS) is 13.1. The summed E-state index contributed by atoms with van der Waals surface area (Å²) in [6.07, 6.45) is 0. The van der Waals surface area contributed by atoms with Crippen LogP contribution in [0.2, 0.25) is 0 Å². The fourth-order valence-corrected chi connectivity index (χ4v) is 15.8. The van der Waals surface area contributed by atoms with Crippen molar-refractivity contribution in [3.63, 3.8) is 0 Å². The van der Waals surface area contributed by atoms with E-state index in [1.165, 1.54) is 53.8 Å². The topological polar surface area (TPSA) is 25.6 Å². The van der Waals surface area contributed by atoms with Crippen molar-refractivity contribution in [2.24, 2.45) is 0 Å². The number of ether oxygens (including phenoxy) is 1. The third-order valence-electron chi connectivity index (χ3n) is 13.2. The van der Waals surface area contributed by atoms with E-state index in [-0.39, 0.29) is 0 Å². The summed E-state index contributed by atoms with van der Waals surface area (Å²) < 4.78 is 13.3.